The lowest BCUT2D eigenvalue weighted by atomic mass is 9.69. The number of likely N-dealkylation sites (tertiary alicyclic amines) is 2. The molecule has 1 aromatic heterocycles. The van der Waals surface area contributed by atoms with E-state index in [9.17, 15) is 19.2 Å². The van der Waals surface area contributed by atoms with E-state index in [-0.39, 0.29) is 60.5 Å². The molecule has 2 saturated heterocycles. The molecule has 2 aliphatic carbocycles. The van der Waals surface area contributed by atoms with Crippen LogP contribution in [0.15, 0.2) is 30.3 Å². The number of aryl methyl sites for hydroxylation is 2. The largest absolute Gasteiger partial charge is 0.455 e. The predicted octanol–water partition coefficient (Wildman–Crippen LogP) is 4.30. The van der Waals surface area contributed by atoms with Crippen LogP contribution in [0.2, 0.25) is 0 Å². The van der Waals surface area contributed by atoms with E-state index >= 15 is 0 Å². The summed E-state index contributed by atoms with van der Waals surface area (Å²) in [6.07, 6.45) is -0.156. The average Bonchev–Trinajstić information content (AvgIpc) is 4.01. The minimum Gasteiger partial charge on any atom is -0.455 e. The van der Waals surface area contributed by atoms with Gasteiger partial charge in [-0.05, 0) is 120 Å². The van der Waals surface area contributed by atoms with Crippen LogP contribution in [0.4, 0.5) is 0 Å². The van der Waals surface area contributed by atoms with Crippen LogP contribution in [0.1, 0.15) is 101 Å². The highest BCUT2D eigenvalue weighted by Gasteiger charge is 2.57. The number of rotatable bonds is 4. The number of fused-ring (bicyclic) bond motifs is 12. The third-order valence-corrected chi connectivity index (χ3v) is 14.0. The molecule has 7 heterocycles. The molecule has 2 saturated carbocycles. The Morgan fingerprint density at radius 3 is 1.48 bits per heavy atom. The van der Waals surface area contributed by atoms with Crippen molar-refractivity contribution in [2.75, 3.05) is 40.8 Å². The molecule has 10 atom stereocenters. The summed E-state index contributed by atoms with van der Waals surface area (Å²) in [6, 6.07) is 8.72. The number of carbonyl (C=O) groups excluding carboxylic acids is 4. The van der Waals surface area contributed by atoms with Gasteiger partial charge in [-0.25, -0.2) is 19.2 Å². The molecule has 15 heteroatoms. The van der Waals surface area contributed by atoms with Crippen molar-refractivity contribution < 1.29 is 57.1 Å². The Bertz CT molecular complexity index is 2160. The van der Waals surface area contributed by atoms with Crippen LogP contribution in [0, 0.1) is 25.7 Å². The first-order valence-corrected chi connectivity index (χ1v) is 20.1. The second-order valence-corrected chi connectivity index (χ2v) is 17.0. The first kappa shape index (κ1) is 35.7. The molecule has 4 fully saturated rings. The summed E-state index contributed by atoms with van der Waals surface area (Å²) < 4.78 is 47.4. The van der Waals surface area contributed by atoms with Gasteiger partial charge in [0.1, 0.15) is 24.4 Å². The number of pyridine rings is 1. The van der Waals surface area contributed by atoms with Gasteiger partial charge in [-0.1, -0.05) is 0 Å². The molecular formula is C43H43N3O12. The number of likely N-dealkylation sites (N-methyl/N-ethyl adjacent to an activating group) is 2. The fourth-order valence-electron chi connectivity index (χ4n) is 11.4. The van der Waals surface area contributed by atoms with Gasteiger partial charge >= 0.3 is 23.9 Å². The molecule has 6 aliphatic heterocycles. The first-order valence-electron chi connectivity index (χ1n) is 20.1. The summed E-state index contributed by atoms with van der Waals surface area (Å²) in [5.41, 5.74) is 3.44. The zero-order valence-electron chi connectivity index (χ0n) is 32.6. The Balaban J connectivity index is 0.873. The van der Waals surface area contributed by atoms with E-state index in [2.05, 4.69) is 28.9 Å². The van der Waals surface area contributed by atoms with Crippen molar-refractivity contribution in [2.24, 2.45) is 11.8 Å². The average molecular weight is 794 g/mol. The highest BCUT2D eigenvalue weighted by Crippen LogP contribution is 2.53. The van der Waals surface area contributed by atoms with Gasteiger partial charge in [0, 0.05) is 23.9 Å². The monoisotopic (exact) mass is 793 g/mol. The van der Waals surface area contributed by atoms with Crippen molar-refractivity contribution in [3.05, 3.63) is 75.1 Å². The van der Waals surface area contributed by atoms with Crippen molar-refractivity contribution in [3.8, 4) is 23.0 Å². The molecule has 0 unspecified atom stereocenters. The maximum atomic E-state index is 14.2. The maximum absolute atomic E-state index is 14.2. The lowest BCUT2D eigenvalue weighted by Gasteiger charge is -2.48. The second kappa shape index (κ2) is 13.0. The summed E-state index contributed by atoms with van der Waals surface area (Å²) >= 11 is 0. The number of benzene rings is 2. The van der Waals surface area contributed by atoms with Gasteiger partial charge in [0.25, 0.3) is 0 Å². The Labute approximate surface area is 333 Å². The first-order chi connectivity index (χ1) is 28.0. The Hall–Kier alpha value is -5.41. The summed E-state index contributed by atoms with van der Waals surface area (Å²) in [7, 11) is 4.15. The van der Waals surface area contributed by atoms with Crippen molar-refractivity contribution in [1.82, 2.24) is 14.8 Å². The number of aromatic nitrogens is 1. The molecule has 8 aliphatic rings. The standard InChI is InChI=1S/C43H43N3O12/c1-18-22(40(47)55-32-9-20-5-7-45(3)36(20)34-24-12-28-30(53-16-51-28)14-26(24)42(49)57-38(32)34)11-23(19(2)44-18)41(48)56-33-10-21-6-8-46(4)37(21)35-25-13-29-31(54-17-52-29)15-27(25)43(50)58-39(33)35/h11-15,20-21,32-39H,5-10,16-17H2,1-4H3/t20-,21-,32+,33+,34+,35+,36-,37-,38+,39+/m1/s1. The molecule has 11 rings (SSSR count). The number of ether oxygens (including phenoxy) is 8. The molecule has 15 nitrogen and oxygen atoms in total. The summed E-state index contributed by atoms with van der Waals surface area (Å²) in [6.45, 7) is 5.24. The molecule has 0 bridgehead atoms. The van der Waals surface area contributed by atoms with Gasteiger partial charge in [-0.3, -0.25) is 4.98 Å². The second-order valence-electron chi connectivity index (χ2n) is 17.0. The van der Waals surface area contributed by atoms with E-state index in [1.54, 1.807) is 26.0 Å². The molecule has 0 radical (unpaired) electrons. The van der Waals surface area contributed by atoms with Crippen molar-refractivity contribution in [1.29, 1.82) is 0 Å². The Morgan fingerprint density at radius 2 is 1.05 bits per heavy atom. The van der Waals surface area contributed by atoms with Gasteiger partial charge in [0.15, 0.2) is 23.0 Å². The molecule has 0 N–H and O–H groups in total. The number of esters is 4. The van der Waals surface area contributed by atoms with Crippen molar-refractivity contribution >= 4 is 23.9 Å². The van der Waals surface area contributed by atoms with Crippen LogP contribution in [-0.4, -0.2) is 116 Å². The minimum atomic E-state index is -0.748. The number of hydrogen-bond donors (Lipinski definition) is 0. The topological polar surface area (TPSA) is 161 Å². The summed E-state index contributed by atoms with van der Waals surface area (Å²) in [4.78, 5) is 64.6. The van der Waals surface area contributed by atoms with Gasteiger partial charge in [-0.15, -0.1) is 0 Å². The zero-order valence-corrected chi connectivity index (χ0v) is 32.6. The van der Waals surface area contributed by atoms with Gasteiger partial charge < -0.3 is 47.7 Å². The summed E-state index contributed by atoms with van der Waals surface area (Å²) in [5, 5.41) is 0. The van der Waals surface area contributed by atoms with E-state index in [0.29, 0.717) is 58.4 Å². The van der Waals surface area contributed by atoms with Crippen LogP contribution >= 0.6 is 0 Å². The SMILES string of the molecule is Cc1nc(C)c(C(=O)O[C@H]2C[C@H]3CCN(C)[C@H]3[C@@H]3c4cc5c(cc4C(=O)O[C@H]32)OCO5)cc1C(=O)O[C@H]1C[C@H]2CCN(C)[C@H]2[C@@H]2c3cc4c(cc3C(=O)O[C@H]21)OCO4. The molecule has 0 spiro atoms. The van der Waals surface area contributed by atoms with E-state index in [4.69, 9.17) is 37.9 Å². The van der Waals surface area contributed by atoms with E-state index in [0.717, 1.165) is 37.1 Å². The zero-order chi connectivity index (χ0) is 39.7. The molecular weight excluding hydrogens is 750 g/mol. The van der Waals surface area contributed by atoms with E-state index < -0.39 is 48.3 Å². The molecule has 2 aromatic carbocycles. The molecule has 58 heavy (non-hydrogen) atoms. The molecule has 0 amide bonds. The van der Waals surface area contributed by atoms with E-state index in [1.807, 2.05) is 12.1 Å². The van der Waals surface area contributed by atoms with Gasteiger partial charge in [0.05, 0.1) is 33.6 Å². The fourth-order valence-corrected chi connectivity index (χ4v) is 11.4. The lowest BCUT2D eigenvalue weighted by Crippen LogP contribution is -2.55. The highest BCUT2D eigenvalue weighted by molar-refractivity contribution is 5.97. The molecule has 3 aromatic rings. The van der Waals surface area contributed by atoms with Gasteiger partial charge in [-0.2, -0.15) is 0 Å². The predicted molar refractivity (Wildman–Crippen MR) is 199 cm³/mol. The highest BCUT2D eigenvalue weighted by atomic mass is 16.7. The van der Waals surface area contributed by atoms with Crippen molar-refractivity contribution in [2.45, 2.75) is 87.9 Å². The Morgan fingerprint density at radius 1 is 0.638 bits per heavy atom. The number of nitrogens with zero attached hydrogens (tertiary/aromatic N) is 3. The smallest absolute Gasteiger partial charge is 0.340 e. The fraction of sp³-hybridized carbons (Fsp3) is 0.512. The van der Waals surface area contributed by atoms with E-state index in [1.165, 1.54) is 6.07 Å². The third-order valence-electron chi connectivity index (χ3n) is 14.0. The number of hydrogen-bond acceptors (Lipinski definition) is 15. The van der Waals surface area contributed by atoms with Gasteiger partial charge in [0.2, 0.25) is 13.6 Å². The van der Waals surface area contributed by atoms with Crippen LogP contribution in [-0.2, 0) is 18.9 Å². The lowest BCUT2D eigenvalue weighted by molar-refractivity contribution is -0.0869. The number of carbonyl (C=O) groups is 4. The third kappa shape index (κ3) is 5.34. The molecule has 302 valence electrons. The van der Waals surface area contributed by atoms with Crippen LogP contribution in [0.3, 0.4) is 0 Å². The summed E-state index contributed by atoms with van der Waals surface area (Å²) in [5.74, 6) is -0.394. The van der Waals surface area contributed by atoms with Crippen LogP contribution < -0.4 is 18.9 Å². The van der Waals surface area contributed by atoms with Crippen LogP contribution in [0.25, 0.3) is 0 Å². The Kier molecular flexibility index (Phi) is 8.04. The van der Waals surface area contributed by atoms with Crippen molar-refractivity contribution in [3.63, 3.8) is 0 Å². The normalized spacial score (nSPS) is 32.5. The quantitative estimate of drug-likeness (QED) is 0.272. The van der Waals surface area contributed by atoms with Crippen LogP contribution in [0.5, 0.6) is 23.0 Å². The minimum absolute atomic E-state index is 0.0655. The maximum Gasteiger partial charge on any atom is 0.340 e.